The Hall–Kier alpha value is -3.61. The summed E-state index contributed by atoms with van der Waals surface area (Å²) in [7, 11) is 0. The van der Waals surface area contributed by atoms with Crippen LogP contribution in [0.2, 0.25) is 0 Å². The zero-order chi connectivity index (χ0) is 20.9. The zero-order valence-electron chi connectivity index (χ0n) is 16.6. The molecule has 0 saturated carbocycles. The second kappa shape index (κ2) is 8.82. The maximum Gasteiger partial charge on any atom is 0.324 e. The molecular weight excluding hydrogens is 380 g/mol. The second-order valence-electron chi connectivity index (χ2n) is 7.39. The van der Waals surface area contributed by atoms with Gasteiger partial charge in [0, 0.05) is 30.2 Å². The lowest BCUT2D eigenvalue weighted by Crippen LogP contribution is -2.37. The molecule has 7 heteroatoms. The lowest BCUT2D eigenvalue weighted by Gasteiger charge is -2.13. The SMILES string of the molecule is O=C(C[C@@H]1NC(=O)N(CCc2ccccc2)C1=O)NCCc1c[nH]c2ccccc12. The lowest BCUT2D eigenvalue weighted by molar-refractivity contribution is -0.130. The van der Waals surface area contributed by atoms with Gasteiger partial charge in [-0.25, -0.2) is 4.79 Å². The van der Waals surface area contributed by atoms with Crippen LogP contribution < -0.4 is 10.6 Å². The van der Waals surface area contributed by atoms with Crippen LogP contribution >= 0.6 is 0 Å². The monoisotopic (exact) mass is 404 g/mol. The fraction of sp³-hybridized carbons (Fsp3) is 0.261. The highest BCUT2D eigenvalue weighted by Crippen LogP contribution is 2.17. The van der Waals surface area contributed by atoms with Gasteiger partial charge in [0.15, 0.2) is 0 Å². The minimum absolute atomic E-state index is 0.0553. The topological polar surface area (TPSA) is 94.3 Å². The summed E-state index contributed by atoms with van der Waals surface area (Å²) in [6, 6.07) is 16.4. The summed E-state index contributed by atoms with van der Waals surface area (Å²) in [5, 5.41) is 6.60. The molecular formula is C23H24N4O3. The van der Waals surface area contributed by atoms with E-state index in [2.05, 4.69) is 15.6 Å². The first-order valence-electron chi connectivity index (χ1n) is 10.1. The van der Waals surface area contributed by atoms with Crippen molar-refractivity contribution in [1.82, 2.24) is 20.5 Å². The molecule has 1 aliphatic heterocycles. The van der Waals surface area contributed by atoms with E-state index < -0.39 is 12.1 Å². The zero-order valence-corrected chi connectivity index (χ0v) is 16.6. The molecule has 0 unspecified atom stereocenters. The summed E-state index contributed by atoms with van der Waals surface area (Å²) in [5.41, 5.74) is 3.24. The Morgan fingerprint density at radius 1 is 1.00 bits per heavy atom. The smallest absolute Gasteiger partial charge is 0.324 e. The number of para-hydroxylation sites is 1. The third-order valence-electron chi connectivity index (χ3n) is 5.35. The van der Waals surface area contributed by atoms with Crippen LogP contribution in [0.25, 0.3) is 10.9 Å². The summed E-state index contributed by atoms with van der Waals surface area (Å²) >= 11 is 0. The molecule has 1 fully saturated rings. The number of fused-ring (bicyclic) bond motifs is 1. The highest BCUT2D eigenvalue weighted by molar-refractivity contribution is 6.05. The number of nitrogens with one attached hydrogen (secondary N) is 3. The van der Waals surface area contributed by atoms with Gasteiger partial charge in [0.05, 0.1) is 6.42 Å². The van der Waals surface area contributed by atoms with E-state index in [0.717, 1.165) is 22.0 Å². The van der Waals surface area contributed by atoms with Crippen molar-refractivity contribution in [2.45, 2.75) is 25.3 Å². The number of H-pyrrole nitrogens is 1. The largest absolute Gasteiger partial charge is 0.361 e. The van der Waals surface area contributed by atoms with Gasteiger partial charge in [-0.1, -0.05) is 48.5 Å². The normalized spacial score (nSPS) is 16.1. The number of hydrogen-bond acceptors (Lipinski definition) is 3. The molecule has 1 atom stereocenters. The summed E-state index contributed by atoms with van der Waals surface area (Å²) < 4.78 is 0. The number of imide groups is 1. The van der Waals surface area contributed by atoms with Crippen molar-refractivity contribution < 1.29 is 14.4 Å². The molecule has 4 rings (SSSR count). The highest BCUT2D eigenvalue weighted by atomic mass is 16.2. The van der Waals surface area contributed by atoms with E-state index in [9.17, 15) is 14.4 Å². The van der Waals surface area contributed by atoms with Crippen LogP contribution in [0.1, 0.15) is 17.5 Å². The van der Waals surface area contributed by atoms with Crippen molar-refractivity contribution in [3.8, 4) is 0 Å². The van der Waals surface area contributed by atoms with Gasteiger partial charge < -0.3 is 15.6 Å². The second-order valence-corrected chi connectivity index (χ2v) is 7.39. The van der Waals surface area contributed by atoms with Crippen LogP contribution in [0.5, 0.6) is 0 Å². The summed E-state index contributed by atoms with van der Waals surface area (Å²) in [6.07, 6.45) is 3.16. The van der Waals surface area contributed by atoms with Crippen molar-refractivity contribution in [1.29, 1.82) is 0 Å². The number of amides is 4. The van der Waals surface area contributed by atoms with E-state index in [0.29, 0.717) is 25.9 Å². The summed E-state index contributed by atoms with van der Waals surface area (Å²) in [5.74, 6) is -0.596. The molecule has 1 aromatic heterocycles. The van der Waals surface area contributed by atoms with E-state index >= 15 is 0 Å². The molecule has 3 aromatic rings. The van der Waals surface area contributed by atoms with E-state index in [1.807, 2.05) is 60.8 Å². The molecule has 30 heavy (non-hydrogen) atoms. The molecule has 0 radical (unpaired) electrons. The first-order valence-corrected chi connectivity index (χ1v) is 10.1. The maximum absolute atomic E-state index is 12.5. The molecule has 2 aromatic carbocycles. The summed E-state index contributed by atoms with van der Waals surface area (Å²) in [6.45, 7) is 0.765. The number of urea groups is 1. The van der Waals surface area contributed by atoms with Crippen LogP contribution in [-0.2, 0) is 22.4 Å². The van der Waals surface area contributed by atoms with Crippen LogP contribution in [0.3, 0.4) is 0 Å². The average Bonchev–Trinajstić information content (AvgIpc) is 3.28. The number of aromatic amines is 1. The van der Waals surface area contributed by atoms with Gasteiger partial charge in [-0.15, -0.1) is 0 Å². The standard InChI is InChI=1S/C23H24N4O3/c28-21(24-12-10-17-15-25-19-9-5-4-8-18(17)19)14-20-22(29)27(23(30)26-20)13-11-16-6-2-1-3-7-16/h1-9,15,20,25H,10-14H2,(H,24,28)(H,26,30)/t20-/m0/s1. The van der Waals surface area contributed by atoms with Crippen LogP contribution in [0.4, 0.5) is 4.79 Å². The van der Waals surface area contributed by atoms with Gasteiger partial charge in [-0.3, -0.25) is 14.5 Å². The van der Waals surface area contributed by atoms with Gasteiger partial charge in [0.2, 0.25) is 5.91 Å². The third kappa shape index (κ3) is 4.35. The Morgan fingerprint density at radius 3 is 2.60 bits per heavy atom. The van der Waals surface area contributed by atoms with Crippen molar-refractivity contribution in [2.24, 2.45) is 0 Å². The molecule has 1 saturated heterocycles. The van der Waals surface area contributed by atoms with Crippen molar-refractivity contribution in [3.63, 3.8) is 0 Å². The Kier molecular flexibility index (Phi) is 5.79. The van der Waals surface area contributed by atoms with Crippen molar-refractivity contribution in [3.05, 3.63) is 71.9 Å². The van der Waals surface area contributed by atoms with Gasteiger partial charge in [-0.05, 0) is 30.0 Å². The molecule has 1 aliphatic rings. The van der Waals surface area contributed by atoms with E-state index in [1.54, 1.807) is 0 Å². The molecule has 4 amide bonds. The minimum Gasteiger partial charge on any atom is -0.361 e. The minimum atomic E-state index is -0.804. The van der Waals surface area contributed by atoms with E-state index in [4.69, 9.17) is 0 Å². The number of rotatable bonds is 8. The average molecular weight is 404 g/mol. The molecule has 0 spiro atoms. The Balaban J connectivity index is 1.25. The number of carbonyl (C=O) groups excluding carboxylic acids is 3. The fourth-order valence-electron chi connectivity index (χ4n) is 3.75. The van der Waals surface area contributed by atoms with Gasteiger partial charge in [0.25, 0.3) is 5.91 Å². The Labute approximate surface area is 174 Å². The van der Waals surface area contributed by atoms with Gasteiger partial charge in [0.1, 0.15) is 6.04 Å². The molecule has 154 valence electrons. The molecule has 3 N–H and O–H groups in total. The predicted octanol–water partition coefficient (Wildman–Crippen LogP) is 2.38. The van der Waals surface area contributed by atoms with Gasteiger partial charge >= 0.3 is 6.03 Å². The number of nitrogens with zero attached hydrogens (tertiary/aromatic N) is 1. The van der Waals surface area contributed by atoms with E-state index in [1.165, 1.54) is 4.90 Å². The number of aromatic nitrogens is 1. The van der Waals surface area contributed by atoms with Gasteiger partial charge in [-0.2, -0.15) is 0 Å². The first kappa shape index (κ1) is 19.7. The number of benzene rings is 2. The summed E-state index contributed by atoms with van der Waals surface area (Å²) in [4.78, 5) is 41.4. The predicted molar refractivity (Wildman–Crippen MR) is 114 cm³/mol. The Bertz CT molecular complexity index is 1060. The number of hydrogen-bond donors (Lipinski definition) is 3. The lowest BCUT2D eigenvalue weighted by atomic mass is 10.1. The molecule has 7 nitrogen and oxygen atoms in total. The van der Waals surface area contributed by atoms with Crippen LogP contribution in [-0.4, -0.2) is 46.9 Å². The van der Waals surface area contributed by atoms with E-state index in [-0.39, 0.29) is 18.2 Å². The van der Waals surface area contributed by atoms with Crippen LogP contribution in [0, 0.1) is 0 Å². The molecule has 2 heterocycles. The van der Waals surface area contributed by atoms with Crippen molar-refractivity contribution >= 4 is 28.7 Å². The third-order valence-corrected chi connectivity index (χ3v) is 5.35. The maximum atomic E-state index is 12.5. The first-order chi connectivity index (χ1) is 14.6. The Morgan fingerprint density at radius 2 is 1.77 bits per heavy atom. The molecule has 0 bridgehead atoms. The number of carbonyl (C=O) groups is 3. The van der Waals surface area contributed by atoms with Crippen molar-refractivity contribution in [2.75, 3.05) is 13.1 Å². The quantitative estimate of drug-likeness (QED) is 0.503. The molecule has 0 aliphatic carbocycles. The fourth-order valence-corrected chi connectivity index (χ4v) is 3.75. The highest BCUT2D eigenvalue weighted by Gasteiger charge is 2.38. The van der Waals surface area contributed by atoms with Crippen LogP contribution in [0.15, 0.2) is 60.8 Å².